The molecule has 0 bridgehead atoms. The van der Waals surface area contributed by atoms with Gasteiger partial charge in [-0.3, -0.25) is 0 Å². The van der Waals surface area contributed by atoms with Crippen molar-refractivity contribution in [3.05, 3.63) is 27.7 Å². The zero-order valence-corrected chi connectivity index (χ0v) is 11.2. The molecule has 0 atom stereocenters. The van der Waals surface area contributed by atoms with Gasteiger partial charge >= 0.3 is 0 Å². The second-order valence-electron chi connectivity index (χ2n) is 4.36. The smallest absolute Gasteiger partial charge is 0.145 e. The fourth-order valence-corrected chi connectivity index (χ4v) is 2.25. The summed E-state index contributed by atoms with van der Waals surface area (Å²) in [4.78, 5) is 0.720. The maximum atomic E-state index is 13.8. The molecule has 1 N–H and O–H groups in total. The molecule has 2 rings (SSSR count). The van der Waals surface area contributed by atoms with E-state index in [1.807, 2.05) is 13.8 Å². The van der Waals surface area contributed by atoms with Gasteiger partial charge in [-0.2, -0.15) is 0 Å². The predicted molar refractivity (Wildman–Crippen MR) is 68.1 cm³/mol. The highest BCUT2D eigenvalue weighted by atomic mass is 79.9. The van der Waals surface area contributed by atoms with Crippen molar-refractivity contribution in [2.24, 2.45) is 0 Å². The van der Waals surface area contributed by atoms with Crippen LogP contribution >= 0.6 is 28.1 Å². The number of rotatable bonds is 0. The lowest BCUT2D eigenvalue weighted by atomic mass is 9.89. The average Bonchev–Trinajstić information content (AvgIpc) is 2.18. The van der Waals surface area contributed by atoms with E-state index in [2.05, 4.69) is 21.2 Å². The molecule has 0 saturated carbocycles. The molecule has 0 unspecified atom stereocenters. The van der Waals surface area contributed by atoms with Gasteiger partial charge in [0.1, 0.15) is 11.6 Å². The number of thiocarbonyl (C=S) groups is 1. The normalized spacial score (nSPS) is 17.9. The summed E-state index contributed by atoms with van der Waals surface area (Å²) in [5.74, 6) is -1.17. The Bertz CT molecular complexity index is 485. The van der Waals surface area contributed by atoms with Gasteiger partial charge in [0.2, 0.25) is 0 Å². The standard InChI is InChI=1S/C11H10BrF2NS/c1-11(2)8(16)3-5-7(15-11)4-6(13)9(12)10(5)14/h4,15H,3H2,1-2H3. The van der Waals surface area contributed by atoms with Crippen molar-refractivity contribution >= 4 is 38.7 Å². The molecular weight excluding hydrogens is 296 g/mol. The monoisotopic (exact) mass is 305 g/mol. The fourth-order valence-electron chi connectivity index (χ4n) is 1.71. The van der Waals surface area contributed by atoms with E-state index < -0.39 is 17.2 Å². The van der Waals surface area contributed by atoms with E-state index in [0.717, 1.165) is 4.86 Å². The number of nitrogens with one attached hydrogen (secondary N) is 1. The van der Waals surface area contributed by atoms with Crippen molar-refractivity contribution in [2.45, 2.75) is 25.8 Å². The van der Waals surface area contributed by atoms with Gasteiger partial charge in [0.15, 0.2) is 0 Å². The first-order valence-corrected chi connectivity index (χ1v) is 6.01. The van der Waals surface area contributed by atoms with Crippen LogP contribution in [0.15, 0.2) is 10.5 Å². The van der Waals surface area contributed by atoms with Crippen LogP contribution in [0.25, 0.3) is 0 Å². The van der Waals surface area contributed by atoms with Crippen LogP contribution in [0.3, 0.4) is 0 Å². The molecule has 0 aliphatic carbocycles. The molecule has 1 heterocycles. The molecule has 0 fully saturated rings. The maximum Gasteiger partial charge on any atom is 0.145 e. The van der Waals surface area contributed by atoms with Crippen LogP contribution in [-0.4, -0.2) is 10.4 Å². The summed E-state index contributed by atoms with van der Waals surface area (Å²) in [6.07, 6.45) is 0.357. The minimum Gasteiger partial charge on any atom is -0.375 e. The van der Waals surface area contributed by atoms with Gasteiger partial charge in [-0.25, -0.2) is 8.78 Å². The second-order valence-corrected chi connectivity index (χ2v) is 5.65. The minimum absolute atomic E-state index is 0.129. The summed E-state index contributed by atoms with van der Waals surface area (Å²) in [5, 5.41) is 3.05. The Morgan fingerprint density at radius 1 is 1.44 bits per heavy atom. The highest BCUT2D eigenvalue weighted by Gasteiger charge is 2.32. The van der Waals surface area contributed by atoms with Crippen molar-refractivity contribution in [1.82, 2.24) is 0 Å². The van der Waals surface area contributed by atoms with Crippen LogP contribution in [0.1, 0.15) is 19.4 Å². The van der Waals surface area contributed by atoms with Gasteiger partial charge in [0.05, 0.1) is 10.0 Å². The molecule has 1 aliphatic heterocycles. The molecule has 5 heteroatoms. The third-order valence-electron chi connectivity index (χ3n) is 2.75. The second kappa shape index (κ2) is 3.74. The lowest BCUT2D eigenvalue weighted by Gasteiger charge is -2.35. The van der Waals surface area contributed by atoms with Crippen molar-refractivity contribution in [2.75, 3.05) is 5.32 Å². The Morgan fingerprint density at radius 2 is 2.06 bits per heavy atom. The summed E-state index contributed by atoms with van der Waals surface area (Å²) in [5.41, 5.74) is 0.504. The van der Waals surface area contributed by atoms with Gasteiger partial charge in [0, 0.05) is 22.5 Å². The van der Waals surface area contributed by atoms with Gasteiger partial charge in [-0.1, -0.05) is 12.2 Å². The Balaban J connectivity index is 2.61. The number of hydrogen-bond donors (Lipinski definition) is 1. The summed E-state index contributed by atoms with van der Waals surface area (Å²) >= 11 is 8.10. The number of fused-ring (bicyclic) bond motifs is 1. The van der Waals surface area contributed by atoms with Crippen LogP contribution in [0.4, 0.5) is 14.5 Å². The van der Waals surface area contributed by atoms with Crippen LogP contribution in [0, 0.1) is 11.6 Å². The molecule has 1 aliphatic rings. The molecule has 1 aromatic rings. The first-order valence-electron chi connectivity index (χ1n) is 4.81. The molecule has 0 radical (unpaired) electrons. The van der Waals surface area contributed by atoms with E-state index in [9.17, 15) is 8.78 Å². The Labute approximate surface area is 106 Å². The molecule has 0 saturated heterocycles. The van der Waals surface area contributed by atoms with Crippen molar-refractivity contribution in [1.29, 1.82) is 0 Å². The highest BCUT2D eigenvalue weighted by molar-refractivity contribution is 9.10. The van der Waals surface area contributed by atoms with Crippen molar-refractivity contribution in [3.63, 3.8) is 0 Å². The average molecular weight is 306 g/mol. The molecular formula is C11H10BrF2NS. The summed E-state index contributed by atoms with van der Waals surface area (Å²) in [6.45, 7) is 3.80. The van der Waals surface area contributed by atoms with E-state index in [-0.39, 0.29) is 4.47 Å². The summed E-state index contributed by atoms with van der Waals surface area (Å²) in [7, 11) is 0. The Hall–Kier alpha value is -0.550. The molecule has 1 nitrogen and oxygen atoms in total. The van der Waals surface area contributed by atoms with Gasteiger partial charge in [-0.15, -0.1) is 0 Å². The summed E-state index contributed by atoms with van der Waals surface area (Å²) < 4.78 is 27.0. The molecule has 1 aromatic carbocycles. The lowest BCUT2D eigenvalue weighted by Crippen LogP contribution is -2.44. The number of anilines is 1. The zero-order valence-electron chi connectivity index (χ0n) is 8.83. The van der Waals surface area contributed by atoms with E-state index in [0.29, 0.717) is 17.7 Å². The van der Waals surface area contributed by atoms with Gasteiger partial charge in [-0.05, 0) is 35.8 Å². The maximum absolute atomic E-state index is 13.8. The van der Waals surface area contributed by atoms with E-state index in [1.165, 1.54) is 6.07 Å². The largest absolute Gasteiger partial charge is 0.375 e. The summed E-state index contributed by atoms with van der Waals surface area (Å²) in [6, 6.07) is 1.30. The topological polar surface area (TPSA) is 12.0 Å². The van der Waals surface area contributed by atoms with Gasteiger partial charge < -0.3 is 5.32 Å². The Morgan fingerprint density at radius 3 is 2.69 bits per heavy atom. The molecule has 0 spiro atoms. The third-order valence-corrected chi connectivity index (χ3v) is 4.13. The van der Waals surface area contributed by atoms with Gasteiger partial charge in [0.25, 0.3) is 0 Å². The first-order chi connectivity index (χ1) is 7.33. The third kappa shape index (κ3) is 1.76. The van der Waals surface area contributed by atoms with Crippen LogP contribution in [-0.2, 0) is 6.42 Å². The molecule has 0 amide bonds. The van der Waals surface area contributed by atoms with Crippen molar-refractivity contribution in [3.8, 4) is 0 Å². The number of benzene rings is 1. The molecule has 0 aromatic heterocycles. The first kappa shape index (κ1) is 11.9. The SMILES string of the molecule is CC1(C)Nc2cc(F)c(Br)c(F)c2CC1=S. The Kier molecular flexibility index (Phi) is 2.78. The van der Waals surface area contributed by atoms with E-state index in [4.69, 9.17) is 12.2 Å². The van der Waals surface area contributed by atoms with Crippen LogP contribution in [0.5, 0.6) is 0 Å². The quantitative estimate of drug-likeness (QED) is 0.577. The minimum atomic E-state index is -0.604. The lowest BCUT2D eigenvalue weighted by molar-refractivity contribution is 0.561. The van der Waals surface area contributed by atoms with E-state index >= 15 is 0 Å². The zero-order chi connectivity index (χ0) is 12.1. The molecule has 86 valence electrons. The van der Waals surface area contributed by atoms with Crippen molar-refractivity contribution < 1.29 is 8.78 Å². The van der Waals surface area contributed by atoms with Crippen LogP contribution in [0.2, 0.25) is 0 Å². The predicted octanol–water partition coefficient (Wildman–Crippen LogP) is 3.84. The fraction of sp³-hybridized carbons (Fsp3) is 0.364. The molecule has 16 heavy (non-hydrogen) atoms. The van der Waals surface area contributed by atoms with Crippen LogP contribution < -0.4 is 5.32 Å². The van der Waals surface area contributed by atoms with E-state index in [1.54, 1.807) is 0 Å². The number of hydrogen-bond acceptors (Lipinski definition) is 2. The number of halogens is 3. The highest BCUT2D eigenvalue weighted by Crippen LogP contribution is 2.35.